The van der Waals surface area contributed by atoms with Crippen molar-refractivity contribution in [2.75, 3.05) is 20.3 Å². The zero-order chi connectivity index (χ0) is 10.4. The maximum Gasteiger partial charge on any atom is 0.0480 e. The first kappa shape index (κ1) is 11.7. The second-order valence-electron chi connectivity index (χ2n) is 3.34. The van der Waals surface area contributed by atoms with Crippen LogP contribution in [0.5, 0.6) is 0 Å². The van der Waals surface area contributed by atoms with E-state index in [1.54, 1.807) is 7.11 Å². The second kappa shape index (κ2) is 6.17. The van der Waals surface area contributed by atoms with E-state index in [0.29, 0.717) is 6.04 Å². The lowest BCUT2D eigenvalue weighted by Gasteiger charge is -2.15. The van der Waals surface area contributed by atoms with E-state index in [2.05, 4.69) is 31.3 Å². The molecule has 0 fully saturated rings. The summed E-state index contributed by atoms with van der Waals surface area (Å²) in [5.41, 5.74) is 0. The minimum atomic E-state index is 0.457. The molecule has 1 unspecified atom stereocenters. The van der Waals surface area contributed by atoms with Gasteiger partial charge in [0.25, 0.3) is 0 Å². The van der Waals surface area contributed by atoms with Crippen LogP contribution in [-0.2, 0) is 4.74 Å². The fourth-order valence-electron chi connectivity index (χ4n) is 1.47. The molecule has 1 N–H and O–H groups in total. The minimum absolute atomic E-state index is 0.457. The molecule has 0 radical (unpaired) electrons. The molecule has 2 nitrogen and oxygen atoms in total. The Labute approximate surface area is 90.3 Å². The Balaban J connectivity index is 2.57. The van der Waals surface area contributed by atoms with Crippen molar-refractivity contribution in [3.63, 3.8) is 0 Å². The molecule has 0 aliphatic heterocycles. The molecular weight excluding hydrogens is 194 g/mol. The summed E-state index contributed by atoms with van der Waals surface area (Å²) in [6, 6.07) is 4.85. The Bertz CT molecular complexity index is 260. The maximum atomic E-state index is 5.11. The molecule has 0 bridgehead atoms. The molecule has 0 amide bonds. The fourth-order valence-corrected chi connectivity index (χ4v) is 2.46. The van der Waals surface area contributed by atoms with Gasteiger partial charge in [-0.15, -0.1) is 11.3 Å². The molecule has 0 saturated heterocycles. The van der Waals surface area contributed by atoms with Crippen molar-refractivity contribution >= 4 is 11.3 Å². The van der Waals surface area contributed by atoms with Gasteiger partial charge in [0.05, 0.1) is 0 Å². The number of hydrogen-bond acceptors (Lipinski definition) is 3. The van der Waals surface area contributed by atoms with Crippen LogP contribution in [0.3, 0.4) is 0 Å². The van der Waals surface area contributed by atoms with E-state index >= 15 is 0 Å². The summed E-state index contributed by atoms with van der Waals surface area (Å²) in [6.07, 6.45) is 1.05. The Morgan fingerprint density at radius 1 is 1.50 bits per heavy atom. The zero-order valence-corrected chi connectivity index (χ0v) is 9.99. The highest BCUT2D eigenvalue weighted by Crippen LogP contribution is 2.24. The first-order valence-corrected chi connectivity index (χ1v) is 5.88. The number of hydrogen-bond donors (Lipinski definition) is 1. The van der Waals surface area contributed by atoms with Crippen molar-refractivity contribution in [2.45, 2.75) is 26.3 Å². The van der Waals surface area contributed by atoms with Crippen LogP contribution in [0.2, 0.25) is 0 Å². The van der Waals surface area contributed by atoms with Crippen molar-refractivity contribution in [1.82, 2.24) is 5.32 Å². The fraction of sp³-hybridized carbons (Fsp3) is 0.636. The van der Waals surface area contributed by atoms with Gasteiger partial charge in [-0.3, -0.25) is 0 Å². The summed E-state index contributed by atoms with van der Waals surface area (Å²) < 4.78 is 5.11. The summed E-state index contributed by atoms with van der Waals surface area (Å²) in [7, 11) is 1.75. The third-order valence-corrected chi connectivity index (χ3v) is 3.28. The first-order chi connectivity index (χ1) is 6.77. The van der Waals surface area contributed by atoms with Crippen LogP contribution in [0.25, 0.3) is 0 Å². The lowest BCUT2D eigenvalue weighted by atomic mass is 10.2. The molecule has 0 aromatic carbocycles. The topological polar surface area (TPSA) is 21.3 Å². The average molecular weight is 213 g/mol. The van der Waals surface area contributed by atoms with Gasteiger partial charge in [-0.05, 0) is 32.0 Å². The molecule has 1 atom stereocenters. The lowest BCUT2D eigenvalue weighted by Crippen LogP contribution is -2.21. The molecular formula is C11H19NOS. The molecule has 1 heterocycles. The minimum Gasteiger partial charge on any atom is -0.385 e. The molecule has 0 spiro atoms. The largest absolute Gasteiger partial charge is 0.385 e. The van der Waals surface area contributed by atoms with Crippen molar-refractivity contribution < 1.29 is 4.74 Å². The van der Waals surface area contributed by atoms with Crippen LogP contribution in [-0.4, -0.2) is 20.3 Å². The second-order valence-corrected chi connectivity index (χ2v) is 4.66. The lowest BCUT2D eigenvalue weighted by molar-refractivity contribution is 0.183. The SMILES string of the molecule is CCNC(CCOC)c1ccc(C)s1. The van der Waals surface area contributed by atoms with Gasteiger partial charge >= 0.3 is 0 Å². The van der Waals surface area contributed by atoms with E-state index in [0.717, 1.165) is 19.6 Å². The monoisotopic (exact) mass is 213 g/mol. The van der Waals surface area contributed by atoms with E-state index in [4.69, 9.17) is 4.74 Å². The highest BCUT2D eigenvalue weighted by atomic mass is 32.1. The number of rotatable bonds is 6. The first-order valence-electron chi connectivity index (χ1n) is 5.06. The Hall–Kier alpha value is -0.380. The van der Waals surface area contributed by atoms with Gasteiger partial charge in [0, 0.05) is 29.5 Å². The van der Waals surface area contributed by atoms with Crippen LogP contribution >= 0.6 is 11.3 Å². The predicted octanol–water partition coefficient (Wildman–Crippen LogP) is 2.74. The van der Waals surface area contributed by atoms with Gasteiger partial charge in [0.1, 0.15) is 0 Å². The highest BCUT2D eigenvalue weighted by molar-refractivity contribution is 7.12. The molecule has 0 saturated carbocycles. The number of methoxy groups -OCH3 is 1. The third kappa shape index (κ3) is 3.40. The van der Waals surface area contributed by atoms with Gasteiger partial charge in [-0.25, -0.2) is 0 Å². The summed E-state index contributed by atoms with van der Waals surface area (Å²) in [5.74, 6) is 0. The Kier molecular flexibility index (Phi) is 5.15. The third-order valence-electron chi connectivity index (χ3n) is 2.17. The van der Waals surface area contributed by atoms with Crippen LogP contribution in [0.4, 0.5) is 0 Å². The van der Waals surface area contributed by atoms with E-state index in [-0.39, 0.29) is 0 Å². The standard InChI is InChI=1S/C11H19NOS/c1-4-12-10(7-8-13-3)11-6-5-9(2)14-11/h5-6,10,12H,4,7-8H2,1-3H3. The molecule has 1 aromatic rings. The van der Waals surface area contributed by atoms with Crippen molar-refractivity contribution in [3.05, 3.63) is 21.9 Å². The maximum absolute atomic E-state index is 5.11. The van der Waals surface area contributed by atoms with Crippen LogP contribution in [0.15, 0.2) is 12.1 Å². The van der Waals surface area contributed by atoms with Crippen LogP contribution < -0.4 is 5.32 Å². The number of ether oxygens (including phenoxy) is 1. The molecule has 3 heteroatoms. The summed E-state index contributed by atoms with van der Waals surface area (Å²) >= 11 is 1.87. The van der Waals surface area contributed by atoms with E-state index < -0.39 is 0 Å². The van der Waals surface area contributed by atoms with Gasteiger partial charge < -0.3 is 10.1 Å². The average Bonchev–Trinajstić information content (AvgIpc) is 2.59. The van der Waals surface area contributed by atoms with Gasteiger partial charge in [-0.1, -0.05) is 6.92 Å². The number of thiophene rings is 1. The molecule has 1 aromatic heterocycles. The molecule has 80 valence electrons. The van der Waals surface area contributed by atoms with Gasteiger partial charge in [0.15, 0.2) is 0 Å². The summed E-state index contributed by atoms with van der Waals surface area (Å²) in [6.45, 7) is 6.10. The predicted molar refractivity (Wildman–Crippen MR) is 62.0 cm³/mol. The molecule has 0 aliphatic rings. The van der Waals surface area contributed by atoms with Crippen molar-refractivity contribution in [2.24, 2.45) is 0 Å². The van der Waals surface area contributed by atoms with Gasteiger partial charge in [0.2, 0.25) is 0 Å². The molecule has 0 aliphatic carbocycles. The van der Waals surface area contributed by atoms with Crippen molar-refractivity contribution in [1.29, 1.82) is 0 Å². The normalized spacial score (nSPS) is 13.1. The van der Waals surface area contributed by atoms with E-state index in [1.165, 1.54) is 9.75 Å². The van der Waals surface area contributed by atoms with Crippen LogP contribution in [0.1, 0.15) is 29.1 Å². The highest BCUT2D eigenvalue weighted by Gasteiger charge is 2.11. The molecule has 14 heavy (non-hydrogen) atoms. The zero-order valence-electron chi connectivity index (χ0n) is 9.17. The van der Waals surface area contributed by atoms with Crippen molar-refractivity contribution in [3.8, 4) is 0 Å². The smallest absolute Gasteiger partial charge is 0.0480 e. The Morgan fingerprint density at radius 3 is 2.79 bits per heavy atom. The summed E-state index contributed by atoms with van der Waals surface area (Å²) in [5, 5.41) is 3.48. The van der Waals surface area contributed by atoms with E-state index in [1.807, 2.05) is 11.3 Å². The summed E-state index contributed by atoms with van der Waals surface area (Å²) in [4.78, 5) is 2.79. The van der Waals surface area contributed by atoms with Crippen LogP contribution in [0, 0.1) is 6.92 Å². The van der Waals surface area contributed by atoms with E-state index in [9.17, 15) is 0 Å². The number of aryl methyl sites for hydroxylation is 1. The molecule has 1 rings (SSSR count). The van der Waals surface area contributed by atoms with Gasteiger partial charge in [-0.2, -0.15) is 0 Å². The number of nitrogens with one attached hydrogen (secondary N) is 1. The quantitative estimate of drug-likeness (QED) is 0.784. The Morgan fingerprint density at radius 2 is 2.29 bits per heavy atom.